The second-order valence-corrected chi connectivity index (χ2v) is 18.1. The molecule has 334 valence electrons. The van der Waals surface area contributed by atoms with Gasteiger partial charge in [0.2, 0.25) is 0 Å². The highest BCUT2D eigenvalue weighted by atomic mass is 32.2. The molecule has 0 spiro atoms. The number of nitrogens with zero attached hydrogens (tertiary/aromatic N) is 10. The summed E-state index contributed by atoms with van der Waals surface area (Å²) >= 11 is 0. The van der Waals surface area contributed by atoms with Gasteiger partial charge in [0.25, 0.3) is 20.2 Å². The first-order chi connectivity index (χ1) is 32.0. The van der Waals surface area contributed by atoms with Crippen molar-refractivity contribution in [2.75, 3.05) is 0 Å². The van der Waals surface area contributed by atoms with Crippen LogP contribution in [0.3, 0.4) is 0 Å². The van der Waals surface area contributed by atoms with Crippen LogP contribution in [-0.4, -0.2) is 31.0 Å². The van der Waals surface area contributed by atoms with Gasteiger partial charge in [-0.25, -0.2) is 0 Å². The van der Waals surface area contributed by atoms with Crippen molar-refractivity contribution >= 4 is 98.7 Å². The Balaban J connectivity index is 0.931. The highest BCUT2D eigenvalue weighted by molar-refractivity contribution is 7.86. The third kappa shape index (κ3) is 10.6. The van der Waals surface area contributed by atoms with Crippen LogP contribution in [0, 0.1) is 27.7 Å². The van der Waals surface area contributed by atoms with E-state index in [1.807, 2.05) is 81.4 Å². The van der Waals surface area contributed by atoms with Crippen molar-refractivity contribution < 1.29 is 31.0 Å². The van der Waals surface area contributed by atoms with Crippen molar-refractivity contribution in [3.8, 4) is 5.75 Å². The monoisotopic (exact) mass is 930 g/mol. The molecule has 19 heteroatoms. The number of fused-ring (bicyclic) bond motifs is 2. The molecule has 0 aliphatic heterocycles. The molecule has 67 heavy (non-hydrogen) atoms. The minimum absolute atomic E-state index is 0.00494. The van der Waals surface area contributed by atoms with Gasteiger partial charge in [-0.3, -0.25) is 9.11 Å². The molecule has 8 aromatic carbocycles. The molecule has 0 aliphatic rings. The molecule has 8 aromatic rings. The molecule has 0 saturated heterocycles. The first kappa shape index (κ1) is 45.5. The maximum absolute atomic E-state index is 12.2. The van der Waals surface area contributed by atoms with E-state index >= 15 is 0 Å². The lowest BCUT2D eigenvalue weighted by Crippen LogP contribution is -2.01. The fourth-order valence-electron chi connectivity index (χ4n) is 6.88. The Labute approximate surface area is 384 Å². The van der Waals surface area contributed by atoms with E-state index < -0.39 is 30.0 Å². The Morgan fingerprint density at radius 2 is 0.806 bits per heavy atom. The Kier molecular flexibility index (Phi) is 12.7. The van der Waals surface area contributed by atoms with Gasteiger partial charge in [-0.15, -0.1) is 10.2 Å². The van der Waals surface area contributed by atoms with Crippen molar-refractivity contribution in [3.63, 3.8) is 0 Å². The first-order valence-corrected chi connectivity index (χ1v) is 23.1. The van der Waals surface area contributed by atoms with Gasteiger partial charge >= 0.3 is 0 Å². The molecule has 0 fully saturated rings. The highest BCUT2D eigenvalue weighted by Gasteiger charge is 2.21. The van der Waals surface area contributed by atoms with Gasteiger partial charge in [-0.2, -0.15) is 57.7 Å². The maximum atomic E-state index is 12.2. The Morgan fingerprint density at radius 1 is 0.343 bits per heavy atom. The molecule has 0 saturated carbocycles. The second kappa shape index (κ2) is 18.8. The smallest absolute Gasteiger partial charge is 0.296 e. The van der Waals surface area contributed by atoms with Crippen molar-refractivity contribution in [1.29, 1.82) is 0 Å². The van der Waals surface area contributed by atoms with Crippen LogP contribution in [0.25, 0.3) is 21.5 Å². The first-order valence-electron chi connectivity index (χ1n) is 20.2. The van der Waals surface area contributed by atoms with Crippen LogP contribution in [0.4, 0.5) is 56.9 Å². The Hall–Kier alpha value is -8.10. The number of phenolic OH excluding ortho intramolecular Hbond substituents is 1. The average molecular weight is 931 g/mol. The minimum Gasteiger partial charge on any atom is -0.505 e. The van der Waals surface area contributed by atoms with Gasteiger partial charge in [0.15, 0.2) is 5.75 Å². The van der Waals surface area contributed by atoms with Crippen LogP contribution in [0.1, 0.15) is 22.3 Å². The zero-order valence-corrected chi connectivity index (χ0v) is 37.7. The number of benzene rings is 8. The fourth-order valence-corrected chi connectivity index (χ4v) is 8.23. The molecule has 0 bridgehead atoms. The van der Waals surface area contributed by atoms with Crippen LogP contribution < -0.4 is 0 Å². The molecule has 0 heterocycles. The van der Waals surface area contributed by atoms with Crippen LogP contribution in [0.15, 0.2) is 200 Å². The lowest BCUT2D eigenvalue weighted by atomic mass is 10.1. The summed E-state index contributed by atoms with van der Waals surface area (Å²) in [5.74, 6) is 0.00494. The number of hydrogen-bond donors (Lipinski definition) is 3. The standard InChI is InChI=1S/C48H38N10O7S2/c1-28-21-36(52-56-43-23-31(4)44(24-30(43)3)57-55-42-18-13-33-25-37(14-17-38(33)48(42)59)50-49-34-10-6-5-7-11-34)15-19-40(28)53-51-35-16-20-41(29(2)22-35)54-58-45-27-39-32(26-47(45)67(63,64)65)9-8-12-46(39)66(60,61)62/h5-27,59H,1-4H3,(H,60,61,62)(H,63,64,65). The molecule has 8 rings (SSSR count). The van der Waals surface area contributed by atoms with Crippen molar-refractivity contribution in [3.05, 3.63) is 162 Å². The predicted octanol–water partition coefficient (Wildman–Crippen LogP) is 15.5. The van der Waals surface area contributed by atoms with Crippen molar-refractivity contribution in [2.24, 2.45) is 51.1 Å². The van der Waals surface area contributed by atoms with Crippen molar-refractivity contribution in [2.45, 2.75) is 37.5 Å². The largest absolute Gasteiger partial charge is 0.505 e. The zero-order chi connectivity index (χ0) is 47.5. The number of rotatable bonds is 12. The van der Waals surface area contributed by atoms with Crippen LogP contribution >= 0.6 is 0 Å². The molecule has 3 N–H and O–H groups in total. The molecule has 17 nitrogen and oxygen atoms in total. The lowest BCUT2D eigenvalue weighted by molar-refractivity contribution is 0.482. The molecule has 0 atom stereocenters. The summed E-state index contributed by atoms with van der Waals surface area (Å²) in [7, 11) is -9.46. The fraction of sp³-hybridized carbons (Fsp3) is 0.0833. The van der Waals surface area contributed by atoms with Crippen LogP contribution in [0.5, 0.6) is 5.75 Å². The summed E-state index contributed by atoms with van der Waals surface area (Å²) < 4.78 is 68.0. The van der Waals surface area contributed by atoms with Gasteiger partial charge < -0.3 is 5.11 Å². The maximum Gasteiger partial charge on any atom is 0.296 e. The van der Waals surface area contributed by atoms with Crippen molar-refractivity contribution in [1.82, 2.24) is 0 Å². The molecule has 0 unspecified atom stereocenters. The van der Waals surface area contributed by atoms with E-state index in [9.17, 15) is 31.0 Å². The van der Waals surface area contributed by atoms with E-state index in [-0.39, 0.29) is 22.2 Å². The van der Waals surface area contributed by atoms with Gasteiger partial charge in [0, 0.05) is 10.8 Å². The van der Waals surface area contributed by atoms with Gasteiger partial charge in [0.1, 0.15) is 21.2 Å². The molecular weight excluding hydrogens is 893 g/mol. The normalized spacial score (nSPS) is 12.6. The Bertz CT molecular complexity index is 3650. The molecule has 0 amide bonds. The van der Waals surface area contributed by atoms with E-state index in [1.165, 1.54) is 12.1 Å². The number of aryl methyl sites for hydroxylation is 4. The number of hydrogen-bond acceptors (Lipinski definition) is 15. The summed E-state index contributed by atoms with van der Waals surface area (Å²) in [5.41, 5.74) is 7.66. The summed E-state index contributed by atoms with van der Waals surface area (Å²) in [6.07, 6.45) is 0. The number of phenols is 1. The summed E-state index contributed by atoms with van der Waals surface area (Å²) in [4.78, 5) is -1.06. The molecule has 0 radical (unpaired) electrons. The summed E-state index contributed by atoms with van der Waals surface area (Å²) in [6, 6.07) is 38.5. The third-order valence-electron chi connectivity index (χ3n) is 10.4. The number of aromatic hydroxyl groups is 1. The van der Waals surface area contributed by atoms with Crippen LogP contribution in [0.2, 0.25) is 0 Å². The quantitative estimate of drug-likeness (QED) is 0.0788. The summed E-state index contributed by atoms with van der Waals surface area (Å²) in [6.45, 7) is 7.39. The Morgan fingerprint density at radius 3 is 1.42 bits per heavy atom. The SMILES string of the molecule is Cc1cc(N=Nc2cc(C)c(N=Nc3ccc4cc(N=Nc5ccccc5)ccc4c3O)cc2C)ccc1N=Nc1ccc(N=Nc2cc3c(S(=O)(=O)O)cccc3cc2S(=O)(=O)O)c(C)c1. The average Bonchev–Trinajstić information content (AvgIpc) is 3.29. The molecular formula is C48H38N10O7S2. The van der Waals surface area contributed by atoms with Gasteiger partial charge in [-0.05, 0) is 164 Å². The predicted molar refractivity (Wildman–Crippen MR) is 255 cm³/mol. The second-order valence-electron chi connectivity index (χ2n) is 15.3. The molecule has 0 aliphatic carbocycles. The van der Waals surface area contributed by atoms with Gasteiger partial charge in [-0.1, -0.05) is 36.4 Å². The zero-order valence-electron chi connectivity index (χ0n) is 36.0. The third-order valence-corrected chi connectivity index (χ3v) is 12.2. The van der Waals surface area contributed by atoms with E-state index in [2.05, 4.69) is 51.1 Å². The van der Waals surface area contributed by atoms with E-state index in [0.29, 0.717) is 56.4 Å². The topological polar surface area (TPSA) is 253 Å². The van der Waals surface area contributed by atoms with E-state index in [1.54, 1.807) is 55.5 Å². The van der Waals surface area contributed by atoms with E-state index in [0.717, 1.165) is 46.0 Å². The van der Waals surface area contributed by atoms with E-state index in [4.69, 9.17) is 0 Å². The number of azo groups is 5. The highest BCUT2D eigenvalue weighted by Crippen LogP contribution is 2.39. The minimum atomic E-state index is -4.80. The lowest BCUT2D eigenvalue weighted by Gasteiger charge is -2.08. The molecule has 0 aromatic heterocycles. The van der Waals surface area contributed by atoms with Gasteiger partial charge in [0.05, 0.1) is 45.5 Å². The van der Waals surface area contributed by atoms with Crippen LogP contribution in [-0.2, 0) is 20.2 Å². The summed E-state index contributed by atoms with van der Waals surface area (Å²) in [5, 5.41) is 55.8.